The lowest BCUT2D eigenvalue weighted by molar-refractivity contribution is -0.142. The Hall–Kier alpha value is -3.05. The van der Waals surface area contributed by atoms with E-state index >= 15 is 0 Å². The number of carbonyl (C=O) groups excluding carboxylic acids is 2. The predicted molar refractivity (Wildman–Crippen MR) is 136 cm³/mol. The Morgan fingerprint density at radius 3 is 2.09 bits per heavy atom. The second-order valence-electron chi connectivity index (χ2n) is 8.98. The lowest BCUT2D eigenvalue weighted by Gasteiger charge is -2.32. The van der Waals surface area contributed by atoms with E-state index < -0.39 is 0 Å². The minimum Gasteiger partial charge on any atom is -0.457 e. The van der Waals surface area contributed by atoms with Crippen LogP contribution in [0.2, 0.25) is 0 Å². The molecule has 1 aliphatic carbocycles. The van der Waals surface area contributed by atoms with Gasteiger partial charge in [0, 0.05) is 21.9 Å². The monoisotopic (exact) mass is 471 g/mol. The van der Waals surface area contributed by atoms with E-state index in [2.05, 4.69) is 41.3 Å². The van der Waals surface area contributed by atoms with Gasteiger partial charge in [0.25, 0.3) is 0 Å². The summed E-state index contributed by atoms with van der Waals surface area (Å²) in [5.41, 5.74) is 4.10. The maximum atomic E-state index is 12.6. The van der Waals surface area contributed by atoms with Crippen LogP contribution in [0.3, 0.4) is 0 Å². The Kier molecular flexibility index (Phi) is 7.00. The molecule has 0 N–H and O–H groups in total. The summed E-state index contributed by atoms with van der Waals surface area (Å²) in [6.07, 6.45) is 6.57. The number of para-hydroxylation sites is 2. The van der Waals surface area contributed by atoms with Crippen molar-refractivity contribution in [2.75, 3.05) is 18.1 Å². The molecule has 2 aliphatic rings. The molecule has 1 fully saturated rings. The van der Waals surface area contributed by atoms with Crippen molar-refractivity contribution < 1.29 is 14.3 Å². The standard InChI is InChI=1S/C29H29NO3S/c31-26(23-16-14-22(15-17-23)21-8-2-1-3-9-21)20-33-29(32)18-19-30-24-10-4-6-12-27(24)34-28-13-7-5-11-25(28)30/h4-7,10-17,21H,1-3,8-9,18-20H2. The third-order valence-electron chi connectivity index (χ3n) is 6.75. The number of benzene rings is 3. The number of esters is 1. The largest absolute Gasteiger partial charge is 0.457 e. The van der Waals surface area contributed by atoms with Crippen molar-refractivity contribution in [1.82, 2.24) is 0 Å². The number of hydrogen-bond acceptors (Lipinski definition) is 5. The zero-order valence-electron chi connectivity index (χ0n) is 19.2. The highest BCUT2D eigenvalue weighted by Crippen LogP contribution is 2.47. The van der Waals surface area contributed by atoms with E-state index in [0.29, 0.717) is 18.0 Å². The molecule has 1 aliphatic heterocycles. The van der Waals surface area contributed by atoms with Crippen molar-refractivity contribution in [2.24, 2.45) is 0 Å². The SMILES string of the molecule is O=C(CCN1c2ccccc2Sc2ccccc21)OCC(=O)c1ccc(C2CCCCC2)cc1. The maximum absolute atomic E-state index is 12.6. The average Bonchev–Trinajstić information content (AvgIpc) is 2.90. The van der Waals surface area contributed by atoms with Crippen LogP contribution >= 0.6 is 11.8 Å². The number of ketones is 1. The fourth-order valence-corrected chi connectivity index (χ4v) is 6.00. The summed E-state index contributed by atoms with van der Waals surface area (Å²) >= 11 is 1.74. The Morgan fingerprint density at radius 1 is 0.824 bits per heavy atom. The van der Waals surface area contributed by atoms with Gasteiger partial charge >= 0.3 is 5.97 Å². The Balaban J connectivity index is 1.16. The van der Waals surface area contributed by atoms with Crippen LogP contribution in [0.15, 0.2) is 82.6 Å². The Morgan fingerprint density at radius 2 is 1.44 bits per heavy atom. The van der Waals surface area contributed by atoms with Gasteiger partial charge in [-0.1, -0.05) is 79.6 Å². The molecule has 5 rings (SSSR count). The summed E-state index contributed by atoms with van der Waals surface area (Å²) < 4.78 is 5.35. The minimum atomic E-state index is -0.361. The van der Waals surface area contributed by atoms with E-state index in [0.717, 1.165) is 11.4 Å². The number of nitrogens with zero attached hydrogens (tertiary/aromatic N) is 1. The zero-order valence-corrected chi connectivity index (χ0v) is 20.1. The third kappa shape index (κ3) is 5.05. The summed E-state index contributed by atoms with van der Waals surface area (Å²) in [6, 6.07) is 24.3. The first-order valence-electron chi connectivity index (χ1n) is 12.1. The van der Waals surface area contributed by atoms with Crippen LogP contribution in [0.25, 0.3) is 0 Å². The van der Waals surface area contributed by atoms with E-state index in [1.807, 2.05) is 36.4 Å². The lowest BCUT2D eigenvalue weighted by Crippen LogP contribution is -2.25. The molecule has 1 heterocycles. The third-order valence-corrected chi connectivity index (χ3v) is 7.88. The van der Waals surface area contributed by atoms with E-state index in [-0.39, 0.29) is 24.8 Å². The number of rotatable bonds is 7. The van der Waals surface area contributed by atoms with Crippen LogP contribution in [0, 0.1) is 0 Å². The van der Waals surface area contributed by atoms with Crippen LogP contribution < -0.4 is 4.90 Å². The van der Waals surface area contributed by atoms with Crippen molar-refractivity contribution >= 4 is 34.9 Å². The Labute approximate surface area is 205 Å². The number of ether oxygens (including phenoxy) is 1. The zero-order chi connectivity index (χ0) is 23.3. The summed E-state index contributed by atoms with van der Waals surface area (Å²) in [5.74, 6) is 0.0909. The van der Waals surface area contributed by atoms with Gasteiger partial charge in [-0.3, -0.25) is 9.59 Å². The van der Waals surface area contributed by atoms with Gasteiger partial charge in [0.1, 0.15) is 0 Å². The van der Waals surface area contributed by atoms with Crippen molar-refractivity contribution in [2.45, 2.75) is 54.2 Å². The molecule has 34 heavy (non-hydrogen) atoms. The van der Waals surface area contributed by atoms with Gasteiger partial charge in [-0.25, -0.2) is 0 Å². The van der Waals surface area contributed by atoms with E-state index in [9.17, 15) is 9.59 Å². The molecular weight excluding hydrogens is 442 g/mol. The van der Waals surface area contributed by atoms with Crippen LogP contribution in [0.1, 0.15) is 60.4 Å². The fraction of sp³-hybridized carbons (Fsp3) is 0.310. The summed E-state index contributed by atoms with van der Waals surface area (Å²) in [4.78, 5) is 29.6. The normalized spacial score (nSPS) is 15.4. The molecule has 0 spiro atoms. The van der Waals surface area contributed by atoms with E-state index in [4.69, 9.17) is 4.74 Å². The maximum Gasteiger partial charge on any atom is 0.308 e. The number of fused-ring (bicyclic) bond motifs is 2. The summed E-state index contributed by atoms with van der Waals surface area (Å²) in [6.45, 7) is 0.280. The summed E-state index contributed by atoms with van der Waals surface area (Å²) in [5, 5.41) is 0. The van der Waals surface area contributed by atoms with Gasteiger partial charge in [0.15, 0.2) is 12.4 Å². The van der Waals surface area contributed by atoms with Gasteiger partial charge in [-0.2, -0.15) is 0 Å². The minimum absolute atomic E-state index is 0.159. The molecule has 0 aromatic heterocycles. The van der Waals surface area contributed by atoms with Crippen LogP contribution in [-0.4, -0.2) is 24.9 Å². The molecule has 3 aromatic rings. The van der Waals surface area contributed by atoms with Crippen molar-refractivity contribution in [3.8, 4) is 0 Å². The molecule has 0 unspecified atom stereocenters. The molecule has 1 saturated carbocycles. The van der Waals surface area contributed by atoms with Crippen LogP contribution in [0.4, 0.5) is 11.4 Å². The van der Waals surface area contributed by atoms with E-state index in [1.54, 1.807) is 11.8 Å². The molecule has 174 valence electrons. The second-order valence-corrected chi connectivity index (χ2v) is 10.1. The van der Waals surface area contributed by atoms with Crippen LogP contribution in [-0.2, 0) is 9.53 Å². The van der Waals surface area contributed by atoms with Gasteiger partial charge in [0.05, 0.1) is 17.8 Å². The molecule has 5 heteroatoms. The Bertz CT molecular complexity index is 1120. The van der Waals surface area contributed by atoms with Crippen molar-refractivity contribution in [3.63, 3.8) is 0 Å². The molecule has 0 saturated heterocycles. The molecule has 0 radical (unpaired) electrons. The molecule has 0 atom stereocenters. The predicted octanol–water partition coefficient (Wildman–Crippen LogP) is 7.15. The van der Waals surface area contributed by atoms with E-state index in [1.165, 1.54) is 47.5 Å². The molecule has 0 bridgehead atoms. The van der Waals surface area contributed by atoms with Gasteiger partial charge in [0.2, 0.25) is 0 Å². The number of hydrogen-bond donors (Lipinski definition) is 0. The first-order valence-corrected chi connectivity index (χ1v) is 12.9. The number of Topliss-reactive ketones (excluding diaryl/α,β-unsaturated/α-hetero) is 1. The van der Waals surface area contributed by atoms with Gasteiger partial charge < -0.3 is 9.64 Å². The smallest absolute Gasteiger partial charge is 0.308 e. The number of anilines is 2. The first kappa shape index (κ1) is 22.7. The highest BCUT2D eigenvalue weighted by atomic mass is 32.2. The molecule has 3 aromatic carbocycles. The molecule has 4 nitrogen and oxygen atoms in total. The van der Waals surface area contributed by atoms with Gasteiger partial charge in [-0.05, 0) is 48.6 Å². The molecule has 0 amide bonds. The van der Waals surface area contributed by atoms with Crippen LogP contribution in [0.5, 0.6) is 0 Å². The van der Waals surface area contributed by atoms with Crippen molar-refractivity contribution in [1.29, 1.82) is 0 Å². The second kappa shape index (κ2) is 10.5. The fourth-order valence-electron chi connectivity index (χ4n) is 4.90. The van der Waals surface area contributed by atoms with Crippen molar-refractivity contribution in [3.05, 3.63) is 83.9 Å². The molecular formula is C29H29NO3S. The highest BCUT2D eigenvalue weighted by Gasteiger charge is 2.23. The summed E-state index contributed by atoms with van der Waals surface area (Å²) in [7, 11) is 0. The number of carbonyl (C=O) groups is 2. The quantitative estimate of drug-likeness (QED) is 0.270. The topological polar surface area (TPSA) is 46.6 Å². The first-order chi connectivity index (χ1) is 16.7. The average molecular weight is 472 g/mol. The lowest BCUT2D eigenvalue weighted by atomic mass is 9.84. The highest BCUT2D eigenvalue weighted by molar-refractivity contribution is 7.99. The van der Waals surface area contributed by atoms with Gasteiger partial charge in [-0.15, -0.1) is 0 Å².